The van der Waals surface area contributed by atoms with Crippen molar-refractivity contribution in [3.63, 3.8) is 0 Å². The molecule has 0 aliphatic carbocycles. The van der Waals surface area contributed by atoms with Gasteiger partial charge in [0.15, 0.2) is 11.6 Å². The molecule has 8 heteroatoms. The molecule has 3 aromatic carbocycles. The van der Waals surface area contributed by atoms with Crippen LogP contribution in [0, 0.1) is 0 Å². The van der Waals surface area contributed by atoms with Crippen LogP contribution in [0.1, 0.15) is 25.0 Å². The zero-order valence-corrected chi connectivity index (χ0v) is 21.1. The van der Waals surface area contributed by atoms with Gasteiger partial charge in [0.2, 0.25) is 0 Å². The van der Waals surface area contributed by atoms with E-state index in [9.17, 15) is 30.0 Å². The number of allylic oxidation sites excluding steroid dienone is 2. The van der Waals surface area contributed by atoms with E-state index in [1.807, 2.05) is 12.1 Å². The third kappa shape index (κ3) is 12.3. The standard InChI is InChI=1S/2C10H10O2.C7H8O3.Ti/c2*1-8(11)7-10(12)9-5-3-2-4-6-9;1-10-6-4-2-3-5(8)7(6)9;/h2*2-7,12H,1H3;2-4,8-9H,1H3;/p-4/b2*10-7-;;. The number of ether oxygens (including phenoxy) is 1. The first kappa shape index (κ1) is 31.2. The molecular formula is C27H24O7Ti-4. The summed E-state index contributed by atoms with van der Waals surface area (Å²) < 4.78 is 4.61. The number of methoxy groups -OCH3 is 1. The first-order valence-corrected chi connectivity index (χ1v) is 10.1. The number of carbonyl (C=O) groups excluding carboxylic acids is 2. The number of hydrogen-bond acceptors (Lipinski definition) is 7. The molecule has 0 heterocycles. The van der Waals surface area contributed by atoms with Crippen molar-refractivity contribution in [3.05, 3.63) is 102 Å². The third-order valence-electron chi connectivity index (χ3n) is 3.95. The Kier molecular flexibility index (Phi) is 14.9. The minimum absolute atomic E-state index is 0. The molecule has 0 aliphatic heterocycles. The third-order valence-corrected chi connectivity index (χ3v) is 3.95. The maximum absolute atomic E-state index is 11.2. The average molecular weight is 508 g/mol. The molecule has 0 aromatic heterocycles. The van der Waals surface area contributed by atoms with Crippen molar-refractivity contribution in [1.82, 2.24) is 0 Å². The molecule has 0 N–H and O–H groups in total. The van der Waals surface area contributed by atoms with E-state index in [0.717, 1.165) is 12.2 Å². The van der Waals surface area contributed by atoms with Gasteiger partial charge in [0.25, 0.3) is 0 Å². The summed E-state index contributed by atoms with van der Waals surface area (Å²) in [6.45, 7) is 2.72. The van der Waals surface area contributed by atoms with Gasteiger partial charge in [-0.15, -0.1) is 5.75 Å². The molecule has 0 amide bonds. The summed E-state index contributed by atoms with van der Waals surface area (Å²) >= 11 is 0. The van der Waals surface area contributed by atoms with Gasteiger partial charge >= 0.3 is 0 Å². The smallest absolute Gasteiger partial charge is 0.152 e. The molecular weight excluding hydrogens is 484 g/mol. The minimum atomic E-state index is -0.579. The number of para-hydroxylation sites is 1. The zero-order valence-electron chi connectivity index (χ0n) is 19.5. The Morgan fingerprint density at radius 1 is 0.686 bits per heavy atom. The summed E-state index contributed by atoms with van der Waals surface area (Å²) in [5.41, 5.74) is 1.10. The fraction of sp³-hybridized carbons (Fsp3) is 0.111. The Morgan fingerprint density at radius 2 is 1.09 bits per heavy atom. The Morgan fingerprint density at radius 3 is 1.40 bits per heavy atom. The predicted octanol–water partition coefficient (Wildman–Crippen LogP) is 1.79. The zero-order chi connectivity index (χ0) is 25.5. The molecule has 0 bridgehead atoms. The fourth-order valence-corrected chi connectivity index (χ4v) is 2.40. The van der Waals surface area contributed by atoms with Crippen molar-refractivity contribution in [3.8, 4) is 17.2 Å². The molecule has 0 saturated heterocycles. The van der Waals surface area contributed by atoms with Gasteiger partial charge in [0.05, 0.1) is 7.11 Å². The van der Waals surface area contributed by atoms with E-state index in [1.54, 1.807) is 48.5 Å². The van der Waals surface area contributed by atoms with Crippen LogP contribution >= 0.6 is 0 Å². The average Bonchev–Trinajstić information content (AvgIpc) is 2.82. The number of ketones is 2. The van der Waals surface area contributed by atoms with E-state index in [2.05, 4.69) is 4.74 Å². The van der Waals surface area contributed by atoms with Crippen LogP contribution in [-0.2, 0) is 31.3 Å². The van der Waals surface area contributed by atoms with Gasteiger partial charge in [0.1, 0.15) is 5.75 Å². The van der Waals surface area contributed by atoms with Crippen LogP contribution < -0.4 is 25.2 Å². The molecule has 7 nitrogen and oxygen atoms in total. The van der Waals surface area contributed by atoms with E-state index in [-0.39, 0.29) is 50.6 Å². The van der Waals surface area contributed by atoms with Gasteiger partial charge in [0, 0.05) is 21.7 Å². The van der Waals surface area contributed by atoms with E-state index in [4.69, 9.17) is 0 Å². The topological polar surface area (TPSA) is 136 Å². The first-order chi connectivity index (χ1) is 16.1. The van der Waals surface area contributed by atoms with Gasteiger partial charge in [-0.3, -0.25) is 9.59 Å². The Hall–Kier alpha value is -3.81. The summed E-state index contributed by atoms with van der Waals surface area (Å²) in [6, 6.07) is 21.6. The van der Waals surface area contributed by atoms with Crippen molar-refractivity contribution in [2.45, 2.75) is 13.8 Å². The van der Waals surface area contributed by atoms with Crippen molar-refractivity contribution < 1.29 is 56.5 Å². The van der Waals surface area contributed by atoms with E-state index < -0.39 is 11.5 Å². The molecule has 0 saturated carbocycles. The van der Waals surface area contributed by atoms with Crippen LogP contribution in [0.2, 0.25) is 0 Å². The number of carbonyl (C=O) groups is 2. The van der Waals surface area contributed by atoms with Crippen molar-refractivity contribution in [1.29, 1.82) is 0 Å². The molecule has 182 valence electrons. The van der Waals surface area contributed by atoms with Crippen molar-refractivity contribution in [2.75, 3.05) is 7.11 Å². The quantitative estimate of drug-likeness (QED) is 0.291. The summed E-state index contributed by atoms with van der Waals surface area (Å²) in [4.78, 5) is 21.1. The van der Waals surface area contributed by atoms with Crippen LogP contribution in [0.5, 0.6) is 17.2 Å². The molecule has 0 atom stereocenters. The molecule has 35 heavy (non-hydrogen) atoms. The molecule has 0 radical (unpaired) electrons. The Balaban J connectivity index is 0.000000491. The first-order valence-electron chi connectivity index (χ1n) is 10.1. The maximum atomic E-state index is 11.2. The van der Waals surface area contributed by atoms with E-state index in [1.165, 1.54) is 39.2 Å². The van der Waals surface area contributed by atoms with Gasteiger partial charge in [-0.25, -0.2) is 0 Å². The molecule has 3 aromatic rings. The van der Waals surface area contributed by atoms with Crippen molar-refractivity contribution >= 4 is 23.1 Å². The molecule has 0 aliphatic rings. The second-order valence-corrected chi connectivity index (χ2v) is 6.76. The van der Waals surface area contributed by atoms with Crippen LogP contribution in [-0.4, -0.2) is 18.7 Å². The van der Waals surface area contributed by atoms with Crippen LogP contribution in [0.25, 0.3) is 11.5 Å². The van der Waals surface area contributed by atoms with Gasteiger partial charge in [-0.05, 0) is 43.2 Å². The minimum Gasteiger partial charge on any atom is -0.873 e. The second kappa shape index (κ2) is 16.8. The SMILES string of the molecule is CC(=O)/C=C(\[O-])c1ccccc1.CC(=O)/C=C(\[O-])c1ccccc1.COc1cccc([O-])c1[O-].[Ti]. The van der Waals surface area contributed by atoms with Crippen LogP contribution in [0.15, 0.2) is 91.0 Å². The largest absolute Gasteiger partial charge is 0.873 e. The summed E-state index contributed by atoms with van der Waals surface area (Å²) in [6.07, 6.45) is 2.19. The summed E-state index contributed by atoms with van der Waals surface area (Å²) in [7, 11) is 1.36. The molecule has 0 fully saturated rings. The summed E-state index contributed by atoms with van der Waals surface area (Å²) in [5.74, 6) is -1.91. The molecule has 3 rings (SSSR count). The van der Waals surface area contributed by atoms with Gasteiger partial charge < -0.3 is 25.2 Å². The predicted molar refractivity (Wildman–Crippen MR) is 122 cm³/mol. The number of benzene rings is 3. The summed E-state index contributed by atoms with van der Waals surface area (Å²) in [5, 5.41) is 43.7. The molecule has 0 spiro atoms. The number of rotatable bonds is 5. The van der Waals surface area contributed by atoms with E-state index >= 15 is 0 Å². The van der Waals surface area contributed by atoms with Crippen LogP contribution in [0.3, 0.4) is 0 Å². The Bertz CT molecular complexity index is 1060. The maximum Gasteiger partial charge on any atom is 0.152 e. The Labute approximate surface area is 219 Å². The van der Waals surface area contributed by atoms with Crippen molar-refractivity contribution in [2.24, 2.45) is 0 Å². The van der Waals surface area contributed by atoms with Crippen LogP contribution in [0.4, 0.5) is 0 Å². The normalized spacial score (nSPS) is 10.4. The van der Waals surface area contributed by atoms with Gasteiger partial charge in [-0.1, -0.05) is 90.1 Å². The molecule has 0 unspecified atom stereocenters. The van der Waals surface area contributed by atoms with E-state index in [0.29, 0.717) is 11.1 Å². The fourth-order valence-electron chi connectivity index (χ4n) is 2.40. The number of hydrogen-bond donors (Lipinski definition) is 0. The van der Waals surface area contributed by atoms with Gasteiger partial charge in [-0.2, -0.15) is 0 Å². The monoisotopic (exact) mass is 508 g/mol. The second-order valence-electron chi connectivity index (χ2n) is 6.76.